The minimum Gasteiger partial charge on any atom is -0.494 e. The van der Waals surface area contributed by atoms with Crippen molar-refractivity contribution in [3.05, 3.63) is 30.0 Å². The van der Waals surface area contributed by atoms with Crippen LogP contribution in [-0.4, -0.2) is 47.6 Å². The van der Waals surface area contributed by atoms with E-state index in [0.717, 1.165) is 48.6 Å². The third kappa shape index (κ3) is 4.29. The van der Waals surface area contributed by atoms with E-state index in [4.69, 9.17) is 4.74 Å². The van der Waals surface area contributed by atoms with E-state index in [2.05, 4.69) is 15.2 Å². The maximum Gasteiger partial charge on any atom is 0.267 e. The number of hydrogen-bond donors (Lipinski definition) is 2. The van der Waals surface area contributed by atoms with Crippen LogP contribution in [0.3, 0.4) is 0 Å². The molecule has 1 saturated carbocycles. The first-order valence-corrected chi connectivity index (χ1v) is 10.5. The predicted octanol–water partition coefficient (Wildman–Crippen LogP) is 4.09. The quantitative estimate of drug-likeness (QED) is 0.834. The average molecular weight is 370 g/mol. The summed E-state index contributed by atoms with van der Waals surface area (Å²) in [4.78, 5) is 18.6. The van der Waals surface area contributed by atoms with Crippen molar-refractivity contribution in [2.45, 2.75) is 64.0 Å². The maximum atomic E-state index is 12.7. The van der Waals surface area contributed by atoms with Crippen LogP contribution in [0.4, 0.5) is 0 Å². The molecule has 0 radical (unpaired) electrons. The van der Waals surface area contributed by atoms with Crippen molar-refractivity contribution in [2.75, 3.05) is 19.7 Å². The summed E-state index contributed by atoms with van der Waals surface area (Å²) >= 11 is 0. The number of nitrogens with zero attached hydrogens (tertiary/aromatic N) is 1. The van der Waals surface area contributed by atoms with Crippen LogP contribution in [0.25, 0.3) is 10.9 Å². The second-order valence-electron chi connectivity index (χ2n) is 7.94. The highest BCUT2D eigenvalue weighted by Crippen LogP contribution is 2.26. The summed E-state index contributed by atoms with van der Waals surface area (Å²) in [5.41, 5.74) is 1.58. The Morgan fingerprint density at radius 3 is 2.67 bits per heavy atom. The molecule has 1 aliphatic heterocycles. The van der Waals surface area contributed by atoms with Gasteiger partial charge in [0.05, 0.1) is 6.61 Å². The van der Waals surface area contributed by atoms with Gasteiger partial charge in [-0.05, 0) is 50.8 Å². The average Bonchev–Trinajstić information content (AvgIpc) is 3.13. The second-order valence-corrected chi connectivity index (χ2v) is 7.94. The third-order valence-corrected chi connectivity index (χ3v) is 6.11. The molecule has 0 spiro atoms. The van der Waals surface area contributed by atoms with Gasteiger partial charge in [0.15, 0.2) is 0 Å². The van der Waals surface area contributed by atoms with Crippen molar-refractivity contribution >= 4 is 16.8 Å². The van der Waals surface area contributed by atoms with E-state index >= 15 is 0 Å². The monoisotopic (exact) mass is 369 g/mol. The highest BCUT2D eigenvalue weighted by molar-refractivity contribution is 5.98. The van der Waals surface area contributed by atoms with Gasteiger partial charge in [0.2, 0.25) is 0 Å². The SMILES string of the molecule is CCOc1ccc2cc(C(=O)NC3CCN(C4CCCCC4)CC3)[nH]c2c1. The van der Waals surface area contributed by atoms with Crippen LogP contribution in [0.2, 0.25) is 0 Å². The lowest BCUT2D eigenvalue weighted by atomic mass is 9.92. The minimum atomic E-state index is 0.000256. The van der Waals surface area contributed by atoms with E-state index in [-0.39, 0.29) is 11.9 Å². The summed E-state index contributed by atoms with van der Waals surface area (Å²) in [6.45, 7) is 4.83. The van der Waals surface area contributed by atoms with E-state index in [1.807, 2.05) is 31.2 Å². The molecule has 27 heavy (non-hydrogen) atoms. The van der Waals surface area contributed by atoms with E-state index in [0.29, 0.717) is 12.3 Å². The zero-order chi connectivity index (χ0) is 18.6. The Bertz CT molecular complexity index is 771. The predicted molar refractivity (Wildman–Crippen MR) is 108 cm³/mol. The van der Waals surface area contributed by atoms with Crippen molar-refractivity contribution in [3.63, 3.8) is 0 Å². The Hall–Kier alpha value is -2.01. The van der Waals surface area contributed by atoms with Gasteiger partial charge < -0.3 is 19.9 Å². The molecule has 1 aliphatic carbocycles. The number of likely N-dealkylation sites (tertiary alicyclic amines) is 1. The van der Waals surface area contributed by atoms with Gasteiger partial charge in [0, 0.05) is 42.1 Å². The lowest BCUT2D eigenvalue weighted by Crippen LogP contribution is -2.48. The molecule has 1 aromatic heterocycles. The standard InChI is InChI=1S/C22H31N3O2/c1-2-27-19-9-8-16-14-21(24-20(16)15-19)22(26)23-17-10-12-25(13-11-17)18-6-4-3-5-7-18/h8-9,14-15,17-18,24H,2-7,10-13H2,1H3,(H,23,26). The number of ether oxygens (including phenoxy) is 1. The number of rotatable bonds is 5. The van der Waals surface area contributed by atoms with Crippen molar-refractivity contribution in [3.8, 4) is 5.75 Å². The highest BCUT2D eigenvalue weighted by atomic mass is 16.5. The number of carbonyl (C=O) groups excluding carboxylic acids is 1. The molecule has 2 heterocycles. The molecule has 2 aliphatic rings. The fourth-order valence-electron chi connectivity index (χ4n) is 4.60. The van der Waals surface area contributed by atoms with Crippen LogP contribution in [-0.2, 0) is 0 Å². The molecule has 0 bridgehead atoms. The first kappa shape index (κ1) is 18.4. The molecule has 2 fully saturated rings. The molecule has 0 atom stereocenters. The molecule has 1 saturated heterocycles. The van der Waals surface area contributed by atoms with E-state index in [1.165, 1.54) is 32.1 Å². The van der Waals surface area contributed by atoms with Gasteiger partial charge in [-0.2, -0.15) is 0 Å². The number of aromatic amines is 1. The lowest BCUT2D eigenvalue weighted by Gasteiger charge is -2.39. The molecule has 5 heteroatoms. The summed E-state index contributed by atoms with van der Waals surface area (Å²) in [5.74, 6) is 0.828. The van der Waals surface area contributed by atoms with Crippen LogP contribution in [0, 0.1) is 0 Å². The van der Waals surface area contributed by atoms with Crippen LogP contribution in [0.5, 0.6) is 5.75 Å². The largest absolute Gasteiger partial charge is 0.494 e. The fourth-order valence-corrected chi connectivity index (χ4v) is 4.60. The molecule has 146 valence electrons. The summed E-state index contributed by atoms with van der Waals surface area (Å²) in [6.07, 6.45) is 8.98. The Morgan fingerprint density at radius 2 is 1.93 bits per heavy atom. The molecular formula is C22H31N3O2. The van der Waals surface area contributed by atoms with Crippen LogP contribution >= 0.6 is 0 Å². The second kappa shape index (κ2) is 8.34. The van der Waals surface area contributed by atoms with Gasteiger partial charge in [0.25, 0.3) is 5.91 Å². The van der Waals surface area contributed by atoms with Crippen LogP contribution in [0.15, 0.2) is 24.3 Å². The normalized spacial score (nSPS) is 20.0. The Kier molecular flexibility index (Phi) is 5.67. The van der Waals surface area contributed by atoms with Gasteiger partial charge in [0.1, 0.15) is 11.4 Å². The first-order chi connectivity index (χ1) is 13.2. The first-order valence-electron chi connectivity index (χ1n) is 10.5. The summed E-state index contributed by atoms with van der Waals surface area (Å²) in [7, 11) is 0. The number of piperidine rings is 1. The van der Waals surface area contributed by atoms with Gasteiger partial charge in [-0.15, -0.1) is 0 Å². The van der Waals surface area contributed by atoms with Gasteiger partial charge >= 0.3 is 0 Å². The number of carbonyl (C=O) groups is 1. The number of benzene rings is 1. The van der Waals surface area contributed by atoms with Crippen LogP contribution < -0.4 is 10.1 Å². The van der Waals surface area contributed by atoms with Crippen molar-refractivity contribution in [1.82, 2.24) is 15.2 Å². The third-order valence-electron chi connectivity index (χ3n) is 6.11. The zero-order valence-corrected chi connectivity index (χ0v) is 16.3. The molecule has 0 unspecified atom stereocenters. The number of amides is 1. The number of nitrogens with one attached hydrogen (secondary N) is 2. The topological polar surface area (TPSA) is 57.4 Å². The summed E-state index contributed by atoms with van der Waals surface area (Å²) in [6, 6.07) is 8.89. The molecule has 2 N–H and O–H groups in total. The molecule has 5 nitrogen and oxygen atoms in total. The van der Waals surface area contributed by atoms with Crippen molar-refractivity contribution in [1.29, 1.82) is 0 Å². The number of hydrogen-bond acceptors (Lipinski definition) is 3. The molecule has 4 rings (SSSR count). The van der Waals surface area contributed by atoms with Gasteiger partial charge in [-0.25, -0.2) is 0 Å². The minimum absolute atomic E-state index is 0.000256. The van der Waals surface area contributed by atoms with Crippen molar-refractivity contribution < 1.29 is 9.53 Å². The maximum absolute atomic E-state index is 12.7. The summed E-state index contributed by atoms with van der Waals surface area (Å²) < 4.78 is 5.54. The van der Waals surface area contributed by atoms with Gasteiger partial charge in [-0.1, -0.05) is 19.3 Å². The zero-order valence-electron chi connectivity index (χ0n) is 16.3. The molecular weight excluding hydrogens is 338 g/mol. The summed E-state index contributed by atoms with van der Waals surface area (Å²) in [5, 5.41) is 4.27. The van der Waals surface area contributed by atoms with Crippen molar-refractivity contribution in [2.24, 2.45) is 0 Å². The van der Waals surface area contributed by atoms with E-state index in [9.17, 15) is 4.79 Å². The molecule has 1 aromatic carbocycles. The lowest BCUT2D eigenvalue weighted by molar-refractivity contribution is 0.0861. The number of aromatic nitrogens is 1. The Labute approximate surface area is 161 Å². The highest BCUT2D eigenvalue weighted by Gasteiger charge is 2.27. The van der Waals surface area contributed by atoms with Gasteiger partial charge in [-0.3, -0.25) is 4.79 Å². The van der Waals surface area contributed by atoms with E-state index in [1.54, 1.807) is 0 Å². The Morgan fingerprint density at radius 1 is 1.15 bits per heavy atom. The molecule has 2 aromatic rings. The molecule has 1 amide bonds. The number of H-pyrrole nitrogens is 1. The number of fused-ring (bicyclic) bond motifs is 1. The van der Waals surface area contributed by atoms with E-state index < -0.39 is 0 Å². The Balaban J connectivity index is 1.33. The smallest absolute Gasteiger partial charge is 0.267 e. The fraction of sp³-hybridized carbons (Fsp3) is 0.591. The van der Waals surface area contributed by atoms with Crippen LogP contribution in [0.1, 0.15) is 62.4 Å².